The topological polar surface area (TPSA) is 45.2 Å². The predicted octanol–water partition coefficient (Wildman–Crippen LogP) is 3.15. The average Bonchev–Trinajstić information content (AvgIpc) is 2.44. The van der Waals surface area contributed by atoms with E-state index in [9.17, 15) is 9.18 Å². The Morgan fingerprint density at radius 3 is 2.68 bits per heavy atom. The number of nitrogens with zero attached hydrogens (tertiary/aromatic N) is 2. The minimum Gasteiger partial charge on any atom is -0.354 e. The number of pyridine rings is 1. The summed E-state index contributed by atoms with van der Waals surface area (Å²) in [4.78, 5) is 18.0. The van der Waals surface area contributed by atoms with Crippen LogP contribution in [-0.2, 0) is 4.79 Å². The van der Waals surface area contributed by atoms with Crippen LogP contribution in [0.1, 0.15) is 38.5 Å². The van der Waals surface area contributed by atoms with Crippen LogP contribution in [0.5, 0.6) is 0 Å². The molecule has 2 heterocycles. The molecule has 4 nitrogen and oxygen atoms in total. The quantitative estimate of drug-likeness (QED) is 0.925. The van der Waals surface area contributed by atoms with Gasteiger partial charge in [0.05, 0.1) is 5.02 Å². The highest BCUT2D eigenvalue weighted by Gasteiger charge is 2.25. The molecule has 6 heteroatoms. The van der Waals surface area contributed by atoms with Crippen LogP contribution in [0.4, 0.5) is 10.2 Å². The summed E-state index contributed by atoms with van der Waals surface area (Å²) in [5.74, 6) is 0.529. The Balaban J connectivity index is 1.48. The Morgan fingerprint density at radius 2 is 2.09 bits per heavy atom. The maximum atomic E-state index is 13.9. The lowest BCUT2D eigenvalue weighted by Gasteiger charge is -2.33. The van der Waals surface area contributed by atoms with Crippen LogP contribution in [0.2, 0.25) is 5.02 Å². The fourth-order valence-electron chi connectivity index (χ4n) is 3.09. The van der Waals surface area contributed by atoms with Crippen molar-refractivity contribution in [3.05, 3.63) is 23.1 Å². The van der Waals surface area contributed by atoms with Crippen LogP contribution in [0.3, 0.4) is 0 Å². The molecule has 1 aliphatic heterocycles. The summed E-state index contributed by atoms with van der Waals surface area (Å²) in [6.07, 6.45) is 7.29. The Bertz CT molecular complexity index is 542. The van der Waals surface area contributed by atoms with Gasteiger partial charge in [-0.1, -0.05) is 11.6 Å². The summed E-state index contributed by atoms with van der Waals surface area (Å²) in [6, 6.07) is 1.70. The fourth-order valence-corrected chi connectivity index (χ4v) is 3.23. The summed E-state index contributed by atoms with van der Waals surface area (Å²) < 4.78 is 13.9. The second-order valence-corrected chi connectivity index (χ2v) is 6.73. The first-order chi connectivity index (χ1) is 10.6. The van der Waals surface area contributed by atoms with Crippen molar-refractivity contribution in [2.24, 2.45) is 5.92 Å². The molecule has 0 bridgehead atoms. The monoisotopic (exact) mass is 325 g/mol. The van der Waals surface area contributed by atoms with Crippen molar-refractivity contribution in [3.8, 4) is 0 Å². The molecule has 1 amide bonds. The number of piperidine rings is 1. The third-order valence-electron chi connectivity index (χ3n) is 4.65. The van der Waals surface area contributed by atoms with Crippen LogP contribution in [-0.4, -0.2) is 30.0 Å². The number of halogens is 2. The molecule has 1 N–H and O–H groups in total. The molecule has 1 saturated carbocycles. The third-order valence-corrected chi connectivity index (χ3v) is 4.85. The standard InChI is InChI=1S/C16H21ClFN3O/c17-12-9-14(18)16(19-10-12)21-6-4-11(5-7-21)8-15(22)20-13-2-1-3-13/h9-11,13H,1-8H2,(H,20,22). The lowest BCUT2D eigenvalue weighted by atomic mass is 9.90. The molecule has 0 aromatic carbocycles. The van der Waals surface area contributed by atoms with E-state index in [4.69, 9.17) is 11.6 Å². The molecular weight excluding hydrogens is 305 g/mol. The highest BCUT2D eigenvalue weighted by molar-refractivity contribution is 6.30. The molecule has 22 heavy (non-hydrogen) atoms. The molecule has 0 unspecified atom stereocenters. The second-order valence-electron chi connectivity index (χ2n) is 6.29. The summed E-state index contributed by atoms with van der Waals surface area (Å²) in [7, 11) is 0. The SMILES string of the molecule is O=C(CC1CCN(c2ncc(Cl)cc2F)CC1)NC1CCC1. The Hall–Kier alpha value is -1.36. The van der Waals surface area contributed by atoms with Crippen LogP contribution >= 0.6 is 11.6 Å². The van der Waals surface area contributed by atoms with Crippen molar-refractivity contribution in [2.75, 3.05) is 18.0 Å². The first-order valence-electron chi connectivity index (χ1n) is 7.97. The molecule has 2 aliphatic rings. The van der Waals surface area contributed by atoms with Gasteiger partial charge in [-0.05, 0) is 44.1 Å². The predicted molar refractivity (Wildman–Crippen MR) is 84.5 cm³/mol. The van der Waals surface area contributed by atoms with Crippen LogP contribution < -0.4 is 10.2 Å². The molecule has 1 aliphatic carbocycles. The van der Waals surface area contributed by atoms with Crippen molar-refractivity contribution >= 4 is 23.3 Å². The van der Waals surface area contributed by atoms with E-state index in [0.29, 0.717) is 29.2 Å². The summed E-state index contributed by atoms with van der Waals surface area (Å²) in [6.45, 7) is 1.46. The summed E-state index contributed by atoms with van der Waals surface area (Å²) in [5, 5.41) is 3.39. The molecule has 0 atom stereocenters. The van der Waals surface area contributed by atoms with Crippen LogP contribution in [0.25, 0.3) is 0 Å². The van der Waals surface area contributed by atoms with E-state index in [1.165, 1.54) is 18.7 Å². The van der Waals surface area contributed by atoms with Gasteiger partial charge in [0.1, 0.15) is 0 Å². The molecule has 1 saturated heterocycles. The van der Waals surface area contributed by atoms with E-state index in [1.54, 1.807) is 0 Å². The van der Waals surface area contributed by atoms with Crippen molar-refractivity contribution in [3.63, 3.8) is 0 Å². The first-order valence-corrected chi connectivity index (χ1v) is 8.35. The molecule has 2 fully saturated rings. The Morgan fingerprint density at radius 1 is 1.36 bits per heavy atom. The number of anilines is 1. The number of carbonyl (C=O) groups excluding carboxylic acids is 1. The lowest BCUT2D eigenvalue weighted by molar-refractivity contribution is -0.123. The van der Waals surface area contributed by atoms with Gasteiger partial charge in [-0.3, -0.25) is 4.79 Å². The minimum absolute atomic E-state index is 0.166. The number of rotatable bonds is 4. The van der Waals surface area contributed by atoms with E-state index >= 15 is 0 Å². The van der Waals surface area contributed by atoms with Gasteiger partial charge in [0, 0.05) is 31.7 Å². The van der Waals surface area contributed by atoms with E-state index in [-0.39, 0.29) is 11.7 Å². The van der Waals surface area contributed by atoms with Crippen molar-refractivity contribution in [1.82, 2.24) is 10.3 Å². The lowest BCUT2D eigenvalue weighted by Crippen LogP contribution is -2.41. The normalized spacial score (nSPS) is 19.8. The highest BCUT2D eigenvalue weighted by Crippen LogP contribution is 2.27. The Labute approximate surface area is 135 Å². The number of hydrogen-bond donors (Lipinski definition) is 1. The van der Waals surface area contributed by atoms with Gasteiger partial charge in [-0.2, -0.15) is 0 Å². The minimum atomic E-state index is -0.381. The van der Waals surface area contributed by atoms with Crippen molar-refractivity contribution < 1.29 is 9.18 Å². The van der Waals surface area contributed by atoms with Gasteiger partial charge in [-0.25, -0.2) is 9.37 Å². The van der Waals surface area contributed by atoms with Gasteiger partial charge in [0.2, 0.25) is 5.91 Å². The molecule has 0 radical (unpaired) electrons. The molecule has 0 spiro atoms. The van der Waals surface area contributed by atoms with Crippen LogP contribution in [0.15, 0.2) is 12.3 Å². The van der Waals surface area contributed by atoms with Gasteiger partial charge >= 0.3 is 0 Å². The zero-order valence-electron chi connectivity index (χ0n) is 12.5. The number of nitrogens with one attached hydrogen (secondary N) is 1. The maximum Gasteiger partial charge on any atom is 0.220 e. The van der Waals surface area contributed by atoms with Crippen LogP contribution in [0, 0.1) is 11.7 Å². The van der Waals surface area contributed by atoms with Gasteiger partial charge < -0.3 is 10.2 Å². The van der Waals surface area contributed by atoms with E-state index in [2.05, 4.69) is 10.3 Å². The molecule has 1 aromatic heterocycles. The van der Waals surface area contributed by atoms with Gasteiger partial charge in [0.25, 0.3) is 0 Å². The number of carbonyl (C=O) groups is 1. The molecular formula is C16H21ClFN3O. The maximum absolute atomic E-state index is 13.9. The van der Waals surface area contributed by atoms with Crippen molar-refractivity contribution in [2.45, 2.75) is 44.6 Å². The van der Waals surface area contributed by atoms with E-state index in [0.717, 1.165) is 38.8 Å². The third kappa shape index (κ3) is 3.69. The number of amides is 1. The molecule has 1 aromatic rings. The van der Waals surface area contributed by atoms with Crippen molar-refractivity contribution in [1.29, 1.82) is 0 Å². The number of aromatic nitrogens is 1. The first kappa shape index (κ1) is 15.5. The smallest absolute Gasteiger partial charge is 0.220 e. The fraction of sp³-hybridized carbons (Fsp3) is 0.625. The van der Waals surface area contributed by atoms with Gasteiger partial charge in [-0.15, -0.1) is 0 Å². The summed E-state index contributed by atoms with van der Waals surface area (Å²) in [5.41, 5.74) is 0. The molecule has 120 valence electrons. The average molecular weight is 326 g/mol. The number of hydrogen-bond acceptors (Lipinski definition) is 3. The highest BCUT2D eigenvalue weighted by atomic mass is 35.5. The zero-order chi connectivity index (χ0) is 15.5. The Kier molecular flexibility index (Phi) is 4.81. The zero-order valence-corrected chi connectivity index (χ0v) is 13.3. The second kappa shape index (κ2) is 6.82. The van der Waals surface area contributed by atoms with E-state index < -0.39 is 0 Å². The molecule has 3 rings (SSSR count). The van der Waals surface area contributed by atoms with E-state index in [1.807, 2.05) is 4.90 Å². The summed E-state index contributed by atoms with van der Waals surface area (Å²) >= 11 is 5.73. The van der Waals surface area contributed by atoms with Gasteiger partial charge in [0.15, 0.2) is 11.6 Å². The largest absolute Gasteiger partial charge is 0.354 e.